The molecule has 0 aliphatic carbocycles. The SMILES string of the molecule is COc1ccc(C2CN(c3cncc(C)n3)CCC2NC(=O)Nc2ccc(Cl)cc2)nc1. The summed E-state index contributed by atoms with van der Waals surface area (Å²) in [5.74, 6) is 1.48. The Kier molecular flexibility index (Phi) is 6.70. The van der Waals surface area contributed by atoms with Gasteiger partial charge in [-0.1, -0.05) is 11.6 Å². The third-order valence-corrected chi connectivity index (χ3v) is 5.72. The lowest BCUT2D eigenvalue weighted by Crippen LogP contribution is -2.51. The summed E-state index contributed by atoms with van der Waals surface area (Å²) in [4.78, 5) is 28.4. The van der Waals surface area contributed by atoms with E-state index in [4.69, 9.17) is 16.3 Å². The molecule has 2 atom stereocenters. The van der Waals surface area contributed by atoms with E-state index in [-0.39, 0.29) is 18.0 Å². The molecule has 1 fully saturated rings. The number of hydrogen-bond donors (Lipinski definition) is 2. The summed E-state index contributed by atoms with van der Waals surface area (Å²) < 4.78 is 5.25. The van der Waals surface area contributed by atoms with Crippen LogP contribution in [0.3, 0.4) is 0 Å². The summed E-state index contributed by atoms with van der Waals surface area (Å²) in [5, 5.41) is 6.62. The van der Waals surface area contributed by atoms with Crippen LogP contribution in [0.2, 0.25) is 5.02 Å². The number of carbonyl (C=O) groups excluding carboxylic acids is 1. The zero-order valence-electron chi connectivity index (χ0n) is 18.0. The third kappa shape index (κ3) is 5.26. The highest BCUT2D eigenvalue weighted by molar-refractivity contribution is 6.30. The van der Waals surface area contributed by atoms with Gasteiger partial charge in [0.15, 0.2) is 0 Å². The molecular weight excluding hydrogens is 428 g/mol. The fourth-order valence-electron chi connectivity index (χ4n) is 3.84. The molecule has 32 heavy (non-hydrogen) atoms. The molecule has 166 valence electrons. The van der Waals surface area contributed by atoms with E-state index in [1.165, 1.54) is 0 Å². The summed E-state index contributed by atoms with van der Waals surface area (Å²) in [6.07, 6.45) is 5.95. The Morgan fingerprint density at radius 1 is 1.16 bits per heavy atom. The molecule has 1 aromatic carbocycles. The van der Waals surface area contributed by atoms with E-state index in [9.17, 15) is 4.79 Å². The molecule has 9 heteroatoms. The van der Waals surface area contributed by atoms with Crippen molar-refractivity contribution >= 4 is 29.1 Å². The van der Waals surface area contributed by atoms with Gasteiger partial charge in [-0.15, -0.1) is 0 Å². The van der Waals surface area contributed by atoms with Crippen molar-refractivity contribution in [3.63, 3.8) is 0 Å². The van der Waals surface area contributed by atoms with Gasteiger partial charge in [-0.2, -0.15) is 0 Å². The number of amides is 2. The molecule has 1 aliphatic heterocycles. The Morgan fingerprint density at radius 2 is 1.97 bits per heavy atom. The molecule has 1 aliphatic rings. The Labute approximate surface area is 192 Å². The van der Waals surface area contributed by atoms with Crippen LogP contribution in [0.25, 0.3) is 0 Å². The number of nitrogens with one attached hydrogen (secondary N) is 2. The number of halogens is 1. The number of hydrogen-bond acceptors (Lipinski definition) is 6. The number of aryl methyl sites for hydroxylation is 1. The highest BCUT2D eigenvalue weighted by atomic mass is 35.5. The van der Waals surface area contributed by atoms with E-state index in [2.05, 4.69) is 30.5 Å². The molecule has 0 saturated carbocycles. The first kappa shape index (κ1) is 21.8. The fraction of sp³-hybridized carbons (Fsp3) is 0.304. The Bertz CT molecular complexity index is 1060. The minimum Gasteiger partial charge on any atom is -0.495 e. The number of rotatable bonds is 5. The van der Waals surface area contributed by atoms with Crippen LogP contribution in [-0.2, 0) is 0 Å². The van der Waals surface area contributed by atoms with Gasteiger partial charge in [-0.25, -0.2) is 9.78 Å². The molecule has 0 radical (unpaired) electrons. The first-order chi connectivity index (χ1) is 15.5. The van der Waals surface area contributed by atoms with E-state index in [1.807, 2.05) is 19.1 Å². The normalized spacial score (nSPS) is 18.2. The largest absolute Gasteiger partial charge is 0.495 e. The number of ether oxygens (including phenoxy) is 1. The molecule has 2 unspecified atom stereocenters. The summed E-state index contributed by atoms with van der Waals surface area (Å²) in [6, 6.07) is 10.5. The number of aromatic nitrogens is 3. The molecule has 1 saturated heterocycles. The van der Waals surface area contributed by atoms with Crippen molar-refractivity contribution in [3.8, 4) is 5.75 Å². The molecule has 2 N–H and O–H groups in total. The van der Waals surface area contributed by atoms with Crippen molar-refractivity contribution in [1.82, 2.24) is 20.3 Å². The predicted octanol–water partition coefficient (Wildman–Crippen LogP) is 4.03. The Balaban J connectivity index is 1.52. The molecule has 2 aromatic heterocycles. The van der Waals surface area contributed by atoms with Crippen molar-refractivity contribution in [2.24, 2.45) is 0 Å². The maximum atomic E-state index is 12.7. The lowest BCUT2D eigenvalue weighted by atomic mass is 9.89. The topological polar surface area (TPSA) is 92.3 Å². The summed E-state index contributed by atoms with van der Waals surface area (Å²) in [7, 11) is 1.61. The van der Waals surface area contributed by atoms with Crippen molar-refractivity contribution in [1.29, 1.82) is 0 Å². The summed E-state index contributed by atoms with van der Waals surface area (Å²) >= 11 is 5.93. The maximum absolute atomic E-state index is 12.7. The minimum atomic E-state index is -0.264. The second kappa shape index (κ2) is 9.82. The van der Waals surface area contributed by atoms with E-state index in [0.717, 1.165) is 30.2 Å². The van der Waals surface area contributed by atoms with Gasteiger partial charge in [0.05, 0.1) is 25.2 Å². The van der Waals surface area contributed by atoms with Gasteiger partial charge in [0.25, 0.3) is 0 Å². The van der Waals surface area contributed by atoms with Crippen LogP contribution >= 0.6 is 11.6 Å². The molecule has 4 rings (SSSR count). The summed E-state index contributed by atoms with van der Waals surface area (Å²) in [5.41, 5.74) is 2.43. The van der Waals surface area contributed by atoms with E-state index < -0.39 is 0 Å². The monoisotopic (exact) mass is 452 g/mol. The molecule has 0 spiro atoms. The Hall–Kier alpha value is -3.39. The van der Waals surface area contributed by atoms with Crippen molar-refractivity contribution < 1.29 is 9.53 Å². The van der Waals surface area contributed by atoms with Crippen LogP contribution in [0.15, 0.2) is 55.0 Å². The number of nitrogens with zero attached hydrogens (tertiary/aromatic N) is 4. The van der Waals surface area contributed by atoms with Gasteiger partial charge in [0.1, 0.15) is 11.6 Å². The van der Waals surface area contributed by atoms with Gasteiger partial charge in [-0.05, 0) is 49.7 Å². The maximum Gasteiger partial charge on any atom is 0.319 e. The number of urea groups is 1. The quantitative estimate of drug-likeness (QED) is 0.607. The van der Waals surface area contributed by atoms with Crippen LogP contribution in [0.1, 0.15) is 23.7 Å². The molecular formula is C23H25ClN6O2. The number of pyridine rings is 1. The smallest absolute Gasteiger partial charge is 0.319 e. The van der Waals surface area contributed by atoms with E-state index in [0.29, 0.717) is 23.0 Å². The van der Waals surface area contributed by atoms with Crippen LogP contribution in [-0.4, -0.2) is 47.2 Å². The predicted molar refractivity (Wildman–Crippen MR) is 125 cm³/mol. The average Bonchev–Trinajstić information content (AvgIpc) is 2.81. The van der Waals surface area contributed by atoms with Gasteiger partial charge in [-0.3, -0.25) is 9.97 Å². The van der Waals surface area contributed by atoms with Crippen LogP contribution in [0.4, 0.5) is 16.3 Å². The van der Waals surface area contributed by atoms with Crippen molar-refractivity contribution in [2.45, 2.75) is 25.3 Å². The number of piperidine rings is 1. The molecule has 0 bridgehead atoms. The van der Waals surface area contributed by atoms with Crippen molar-refractivity contribution in [3.05, 3.63) is 71.4 Å². The second-order valence-electron chi connectivity index (χ2n) is 7.69. The zero-order chi connectivity index (χ0) is 22.5. The second-order valence-corrected chi connectivity index (χ2v) is 8.13. The minimum absolute atomic E-state index is 0.0343. The lowest BCUT2D eigenvalue weighted by Gasteiger charge is -2.39. The third-order valence-electron chi connectivity index (χ3n) is 5.47. The van der Waals surface area contributed by atoms with Gasteiger partial charge >= 0.3 is 6.03 Å². The number of benzene rings is 1. The van der Waals surface area contributed by atoms with Crippen LogP contribution < -0.4 is 20.3 Å². The van der Waals surface area contributed by atoms with E-state index in [1.54, 1.807) is 50.0 Å². The average molecular weight is 453 g/mol. The highest BCUT2D eigenvalue weighted by Gasteiger charge is 2.33. The first-order valence-electron chi connectivity index (χ1n) is 10.4. The van der Waals surface area contributed by atoms with Gasteiger partial charge in [0.2, 0.25) is 0 Å². The van der Waals surface area contributed by atoms with Crippen LogP contribution in [0.5, 0.6) is 5.75 Å². The number of methoxy groups -OCH3 is 1. The summed E-state index contributed by atoms with van der Waals surface area (Å²) in [6.45, 7) is 3.33. The van der Waals surface area contributed by atoms with Gasteiger partial charge in [0, 0.05) is 47.7 Å². The molecule has 2 amide bonds. The number of carbonyl (C=O) groups is 1. The lowest BCUT2D eigenvalue weighted by molar-refractivity contribution is 0.243. The Morgan fingerprint density at radius 3 is 2.66 bits per heavy atom. The zero-order valence-corrected chi connectivity index (χ0v) is 18.7. The fourth-order valence-corrected chi connectivity index (χ4v) is 3.96. The van der Waals surface area contributed by atoms with Crippen LogP contribution in [0, 0.1) is 6.92 Å². The van der Waals surface area contributed by atoms with E-state index >= 15 is 0 Å². The highest BCUT2D eigenvalue weighted by Crippen LogP contribution is 2.29. The standard InChI is InChI=1S/C23H25ClN6O2/c1-15-11-25-13-22(27-15)30-10-9-21(19(14-30)20-8-7-18(32-2)12-26-20)29-23(31)28-17-5-3-16(24)4-6-17/h3-8,11-13,19,21H,9-10,14H2,1-2H3,(H2,28,29,31). The molecule has 3 aromatic rings. The van der Waals surface area contributed by atoms with Crippen molar-refractivity contribution in [2.75, 3.05) is 30.4 Å². The van der Waals surface area contributed by atoms with Gasteiger partial charge < -0.3 is 20.3 Å². The number of anilines is 2. The molecule has 8 nitrogen and oxygen atoms in total. The molecule has 3 heterocycles. The first-order valence-corrected chi connectivity index (χ1v) is 10.8.